The summed E-state index contributed by atoms with van der Waals surface area (Å²) in [7, 11) is 0. The standard InChI is InChI=1S/C26H31FN2O3/c1-5-14-28-25(30)23(6-2)32-21-12-9-18-13-15-29(26(31)17(3)4)24(22(18)16-21)19-7-10-20(27)11-8-19/h5,7-12,16-17,23-24H,1,6,13-15H2,2-4H3,(H,28,30)/t23-,24-/m0/s1. The average molecular weight is 439 g/mol. The van der Waals surface area contributed by atoms with Crippen molar-refractivity contribution < 1.29 is 18.7 Å². The molecule has 0 saturated heterocycles. The molecule has 2 amide bonds. The Kier molecular flexibility index (Phi) is 7.67. The minimum atomic E-state index is -0.630. The smallest absolute Gasteiger partial charge is 0.261 e. The third-order valence-electron chi connectivity index (χ3n) is 5.67. The van der Waals surface area contributed by atoms with Crippen molar-refractivity contribution in [1.29, 1.82) is 0 Å². The van der Waals surface area contributed by atoms with E-state index in [-0.39, 0.29) is 29.6 Å². The van der Waals surface area contributed by atoms with Gasteiger partial charge in [-0.25, -0.2) is 4.39 Å². The molecule has 1 aliphatic heterocycles. The van der Waals surface area contributed by atoms with Gasteiger partial charge < -0.3 is 15.0 Å². The molecule has 170 valence electrons. The number of amides is 2. The average Bonchev–Trinajstić information content (AvgIpc) is 2.80. The van der Waals surface area contributed by atoms with Crippen molar-refractivity contribution in [2.45, 2.75) is 45.8 Å². The molecule has 32 heavy (non-hydrogen) atoms. The Morgan fingerprint density at radius 3 is 2.59 bits per heavy atom. The summed E-state index contributed by atoms with van der Waals surface area (Å²) >= 11 is 0. The van der Waals surface area contributed by atoms with E-state index in [9.17, 15) is 14.0 Å². The molecule has 2 atom stereocenters. The molecule has 0 unspecified atom stereocenters. The van der Waals surface area contributed by atoms with E-state index in [0.717, 1.165) is 23.1 Å². The van der Waals surface area contributed by atoms with E-state index in [0.29, 0.717) is 25.3 Å². The lowest BCUT2D eigenvalue weighted by Gasteiger charge is -2.39. The van der Waals surface area contributed by atoms with Crippen molar-refractivity contribution in [3.63, 3.8) is 0 Å². The Morgan fingerprint density at radius 2 is 1.97 bits per heavy atom. The summed E-state index contributed by atoms with van der Waals surface area (Å²) in [6, 6.07) is 11.7. The first-order chi connectivity index (χ1) is 15.3. The van der Waals surface area contributed by atoms with Gasteiger partial charge in [-0.2, -0.15) is 0 Å². The van der Waals surface area contributed by atoms with Crippen LogP contribution < -0.4 is 10.1 Å². The zero-order chi connectivity index (χ0) is 23.3. The Hall–Kier alpha value is -3.15. The van der Waals surface area contributed by atoms with Crippen LogP contribution in [0.25, 0.3) is 0 Å². The van der Waals surface area contributed by atoms with E-state index in [4.69, 9.17) is 4.74 Å². The van der Waals surface area contributed by atoms with Gasteiger partial charge in [-0.3, -0.25) is 9.59 Å². The molecule has 5 nitrogen and oxygen atoms in total. The minimum Gasteiger partial charge on any atom is -0.481 e. The SMILES string of the molecule is C=CCNC(=O)[C@H](CC)Oc1ccc2c(c1)[C@H](c1ccc(F)cc1)N(C(=O)C(C)C)CC2. The van der Waals surface area contributed by atoms with E-state index >= 15 is 0 Å². The molecule has 2 aromatic rings. The maximum atomic E-state index is 13.6. The van der Waals surface area contributed by atoms with Gasteiger partial charge in [0.1, 0.15) is 11.6 Å². The maximum absolute atomic E-state index is 13.6. The largest absolute Gasteiger partial charge is 0.481 e. The zero-order valence-corrected chi connectivity index (χ0v) is 18.9. The summed E-state index contributed by atoms with van der Waals surface area (Å²) in [6.07, 6.45) is 2.23. The summed E-state index contributed by atoms with van der Waals surface area (Å²) in [6.45, 7) is 10.2. The minimum absolute atomic E-state index is 0.0477. The van der Waals surface area contributed by atoms with Crippen LogP contribution in [0, 0.1) is 11.7 Å². The number of carbonyl (C=O) groups excluding carboxylic acids is 2. The first kappa shape index (κ1) is 23.5. The number of fused-ring (bicyclic) bond motifs is 1. The van der Waals surface area contributed by atoms with Crippen molar-refractivity contribution in [3.05, 3.63) is 77.6 Å². The maximum Gasteiger partial charge on any atom is 0.261 e. The van der Waals surface area contributed by atoms with Gasteiger partial charge in [-0.1, -0.05) is 45.0 Å². The van der Waals surface area contributed by atoms with Crippen LogP contribution >= 0.6 is 0 Å². The van der Waals surface area contributed by atoms with E-state index < -0.39 is 6.10 Å². The molecule has 1 N–H and O–H groups in total. The third kappa shape index (κ3) is 5.18. The van der Waals surface area contributed by atoms with Crippen molar-refractivity contribution in [2.24, 2.45) is 5.92 Å². The molecule has 2 aromatic carbocycles. The molecule has 0 bridgehead atoms. The van der Waals surface area contributed by atoms with Crippen molar-refractivity contribution in [1.82, 2.24) is 10.2 Å². The van der Waals surface area contributed by atoms with Crippen molar-refractivity contribution in [3.8, 4) is 5.75 Å². The lowest BCUT2D eigenvalue weighted by atomic mass is 9.87. The molecular weight excluding hydrogens is 407 g/mol. The quantitative estimate of drug-likeness (QED) is 0.621. The number of hydrogen-bond donors (Lipinski definition) is 1. The number of halogens is 1. The van der Waals surface area contributed by atoms with Crippen LogP contribution in [0.4, 0.5) is 4.39 Å². The van der Waals surface area contributed by atoms with E-state index in [1.807, 2.05) is 43.9 Å². The first-order valence-electron chi connectivity index (χ1n) is 11.1. The monoisotopic (exact) mass is 438 g/mol. The van der Waals surface area contributed by atoms with Gasteiger partial charge in [0.2, 0.25) is 5.91 Å². The highest BCUT2D eigenvalue weighted by Gasteiger charge is 2.33. The number of ether oxygens (including phenoxy) is 1. The summed E-state index contributed by atoms with van der Waals surface area (Å²) in [4.78, 5) is 27.3. The predicted octanol–water partition coefficient (Wildman–Crippen LogP) is 4.42. The number of carbonyl (C=O) groups is 2. The molecule has 3 rings (SSSR count). The second-order valence-electron chi connectivity index (χ2n) is 8.30. The van der Waals surface area contributed by atoms with Crippen LogP contribution in [0.1, 0.15) is 49.9 Å². The van der Waals surface area contributed by atoms with Gasteiger partial charge in [0.05, 0.1) is 6.04 Å². The normalized spacial score (nSPS) is 16.3. The molecule has 0 saturated carbocycles. The van der Waals surface area contributed by atoms with Gasteiger partial charge in [-0.05, 0) is 53.8 Å². The van der Waals surface area contributed by atoms with Crippen LogP contribution in [0.15, 0.2) is 55.1 Å². The first-order valence-corrected chi connectivity index (χ1v) is 11.1. The topological polar surface area (TPSA) is 58.6 Å². The molecule has 0 aromatic heterocycles. The van der Waals surface area contributed by atoms with Crippen molar-refractivity contribution in [2.75, 3.05) is 13.1 Å². The van der Waals surface area contributed by atoms with Crippen LogP contribution in [-0.2, 0) is 16.0 Å². The number of rotatable bonds is 8. The van der Waals surface area contributed by atoms with Crippen LogP contribution in [-0.4, -0.2) is 35.9 Å². The second-order valence-corrected chi connectivity index (χ2v) is 8.30. The van der Waals surface area contributed by atoms with Gasteiger partial charge in [-0.15, -0.1) is 6.58 Å². The number of hydrogen-bond acceptors (Lipinski definition) is 3. The van der Waals surface area contributed by atoms with Crippen LogP contribution in [0.3, 0.4) is 0 Å². The van der Waals surface area contributed by atoms with Gasteiger partial charge >= 0.3 is 0 Å². The Morgan fingerprint density at radius 1 is 1.25 bits per heavy atom. The molecule has 1 heterocycles. The molecular formula is C26H31FN2O3. The Balaban J connectivity index is 1.98. The molecule has 0 radical (unpaired) electrons. The van der Waals surface area contributed by atoms with Crippen LogP contribution in [0.2, 0.25) is 0 Å². The lowest BCUT2D eigenvalue weighted by Crippen LogP contribution is -2.42. The zero-order valence-electron chi connectivity index (χ0n) is 18.9. The Bertz CT molecular complexity index is 972. The lowest BCUT2D eigenvalue weighted by molar-refractivity contribution is -0.136. The van der Waals surface area contributed by atoms with Gasteiger partial charge in [0.15, 0.2) is 6.10 Å². The molecule has 0 aliphatic carbocycles. The van der Waals surface area contributed by atoms with E-state index in [1.165, 1.54) is 12.1 Å². The fourth-order valence-corrected chi connectivity index (χ4v) is 4.01. The summed E-state index contributed by atoms with van der Waals surface area (Å²) in [5, 5.41) is 2.77. The van der Waals surface area contributed by atoms with E-state index in [1.54, 1.807) is 18.2 Å². The molecule has 6 heteroatoms. The van der Waals surface area contributed by atoms with E-state index in [2.05, 4.69) is 11.9 Å². The fraction of sp³-hybridized carbons (Fsp3) is 0.385. The molecule has 0 spiro atoms. The fourth-order valence-electron chi connectivity index (χ4n) is 4.01. The summed E-state index contributed by atoms with van der Waals surface area (Å²) in [5.74, 6) is -0.0597. The Labute approximate surface area is 189 Å². The highest BCUT2D eigenvalue weighted by atomic mass is 19.1. The molecule has 1 aliphatic rings. The van der Waals surface area contributed by atoms with Gasteiger partial charge in [0.25, 0.3) is 5.91 Å². The summed E-state index contributed by atoms with van der Waals surface area (Å²) in [5.41, 5.74) is 2.90. The van der Waals surface area contributed by atoms with Crippen molar-refractivity contribution >= 4 is 11.8 Å². The highest BCUT2D eigenvalue weighted by molar-refractivity contribution is 5.81. The highest BCUT2D eigenvalue weighted by Crippen LogP contribution is 2.38. The summed E-state index contributed by atoms with van der Waals surface area (Å²) < 4.78 is 19.6. The number of benzene rings is 2. The third-order valence-corrected chi connectivity index (χ3v) is 5.67. The van der Waals surface area contributed by atoms with Gasteiger partial charge in [0, 0.05) is 19.0 Å². The number of nitrogens with one attached hydrogen (secondary N) is 1. The predicted molar refractivity (Wildman–Crippen MR) is 123 cm³/mol. The number of nitrogens with zero attached hydrogens (tertiary/aromatic N) is 1. The second kappa shape index (κ2) is 10.4. The molecule has 0 fully saturated rings. The van der Waals surface area contributed by atoms with Crippen LogP contribution in [0.5, 0.6) is 5.75 Å².